The standard InChI is InChI=1S/C16H19ClFN5O.ClH/c1-10(15-12(17)3-2-4-13(15)18)20-16(24)14-9-23(22-21-14)11-5-7-19-8-6-11;/h2-4,9-11,19H,5-8H2,1H3,(H,20,24);1H. The van der Waals surface area contributed by atoms with Gasteiger partial charge in [0.15, 0.2) is 5.69 Å². The van der Waals surface area contributed by atoms with Gasteiger partial charge in [-0.15, -0.1) is 17.5 Å². The van der Waals surface area contributed by atoms with Crippen molar-refractivity contribution in [3.63, 3.8) is 0 Å². The van der Waals surface area contributed by atoms with E-state index in [2.05, 4.69) is 20.9 Å². The highest BCUT2D eigenvalue weighted by Crippen LogP contribution is 2.25. The van der Waals surface area contributed by atoms with Gasteiger partial charge in [-0.25, -0.2) is 9.07 Å². The van der Waals surface area contributed by atoms with E-state index in [0.29, 0.717) is 0 Å². The smallest absolute Gasteiger partial charge is 0.273 e. The van der Waals surface area contributed by atoms with E-state index in [-0.39, 0.29) is 34.7 Å². The Morgan fingerprint density at radius 2 is 2.16 bits per heavy atom. The predicted octanol–water partition coefficient (Wildman–Crippen LogP) is 2.91. The van der Waals surface area contributed by atoms with Crippen LogP contribution in [0.4, 0.5) is 4.39 Å². The molecule has 2 aromatic rings. The summed E-state index contributed by atoms with van der Waals surface area (Å²) in [4.78, 5) is 12.3. The van der Waals surface area contributed by atoms with Gasteiger partial charge in [-0.3, -0.25) is 4.79 Å². The Hall–Kier alpha value is -1.70. The van der Waals surface area contributed by atoms with Crippen LogP contribution in [0.15, 0.2) is 24.4 Å². The number of hydrogen-bond donors (Lipinski definition) is 2. The second-order valence-electron chi connectivity index (χ2n) is 5.90. The molecule has 136 valence electrons. The molecule has 2 N–H and O–H groups in total. The maximum absolute atomic E-state index is 13.9. The molecule has 1 unspecified atom stereocenters. The second kappa shape index (κ2) is 8.60. The van der Waals surface area contributed by atoms with Crippen molar-refractivity contribution in [2.75, 3.05) is 13.1 Å². The lowest BCUT2D eigenvalue weighted by Gasteiger charge is -2.22. The first kappa shape index (κ1) is 19.6. The first-order valence-electron chi connectivity index (χ1n) is 7.93. The zero-order chi connectivity index (χ0) is 17.1. The lowest BCUT2D eigenvalue weighted by atomic mass is 10.1. The summed E-state index contributed by atoms with van der Waals surface area (Å²) in [6, 6.07) is 4.11. The fourth-order valence-corrected chi connectivity index (χ4v) is 3.22. The summed E-state index contributed by atoms with van der Waals surface area (Å²) in [5.74, 6) is -0.851. The lowest BCUT2D eigenvalue weighted by Crippen LogP contribution is -2.29. The molecule has 0 bridgehead atoms. The van der Waals surface area contributed by atoms with Gasteiger partial charge < -0.3 is 10.6 Å². The Kier molecular flexibility index (Phi) is 6.75. The summed E-state index contributed by atoms with van der Waals surface area (Å²) in [5, 5.41) is 14.3. The first-order chi connectivity index (χ1) is 11.6. The van der Waals surface area contributed by atoms with Crippen molar-refractivity contribution < 1.29 is 9.18 Å². The molecule has 1 saturated heterocycles. The minimum atomic E-state index is -0.574. The van der Waals surface area contributed by atoms with Crippen LogP contribution in [0.25, 0.3) is 0 Å². The van der Waals surface area contributed by atoms with Crippen LogP contribution in [0.3, 0.4) is 0 Å². The summed E-state index contributed by atoms with van der Waals surface area (Å²) in [5.41, 5.74) is 0.478. The maximum Gasteiger partial charge on any atom is 0.273 e. The monoisotopic (exact) mass is 387 g/mol. The zero-order valence-corrected chi connectivity index (χ0v) is 15.3. The third-order valence-electron chi connectivity index (χ3n) is 4.21. The number of nitrogens with zero attached hydrogens (tertiary/aromatic N) is 3. The molecular weight excluding hydrogens is 368 g/mol. The molecule has 1 fully saturated rings. The van der Waals surface area contributed by atoms with Crippen LogP contribution in [0.5, 0.6) is 0 Å². The normalized spacial score (nSPS) is 16.1. The van der Waals surface area contributed by atoms with Crippen LogP contribution in [0.1, 0.15) is 47.9 Å². The average Bonchev–Trinajstić information content (AvgIpc) is 3.05. The Bertz CT molecular complexity index is 713. The second-order valence-corrected chi connectivity index (χ2v) is 6.30. The molecule has 9 heteroatoms. The van der Waals surface area contributed by atoms with Gasteiger partial charge in [0.1, 0.15) is 5.82 Å². The summed E-state index contributed by atoms with van der Waals surface area (Å²) in [6.07, 6.45) is 3.54. The quantitative estimate of drug-likeness (QED) is 0.845. The van der Waals surface area contributed by atoms with Crippen LogP contribution in [0, 0.1) is 5.82 Å². The Morgan fingerprint density at radius 1 is 1.44 bits per heavy atom. The van der Waals surface area contributed by atoms with Crippen LogP contribution in [0.2, 0.25) is 5.02 Å². The SMILES string of the molecule is CC(NC(=O)c1cn(C2CCNCC2)nn1)c1c(F)cccc1Cl.Cl. The molecule has 1 aromatic heterocycles. The van der Waals surface area contributed by atoms with Crippen molar-refractivity contribution in [2.45, 2.75) is 31.8 Å². The molecule has 0 saturated carbocycles. The van der Waals surface area contributed by atoms with Crippen molar-refractivity contribution >= 4 is 29.9 Å². The third kappa shape index (κ3) is 4.48. The van der Waals surface area contributed by atoms with Gasteiger partial charge in [-0.2, -0.15) is 0 Å². The lowest BCUT2D eigenvalue weighted by molar-refractivity contribution is 0.0934. The first-order valence-corrected chi connectivity index (χ1v) is 8.31. The van der Waals surface area contributed by atoms with Crippen molar-refractivity contribution in [1.82, 2.24) is 25.6 Å². The van der Waals surface area contributed by atoms with E-state index in [9.17, 15) is 9.18 Å². The van der Waals surface area contributed by atoms with Gasteiger partial charge in [-0.05, 0) is 45.0 Å². The van der Waals surface area contributed by atoms with Crippen LogP contribution >= 0.6 is 24.0 Å². The number of benzene rings is 1. The van der Waals surface area contributed by atoms with Crippen LogP contribution in [-0.2, 0) is 0 Å². The highest BCUT2D eigenvalue weighted by atomic mass is 35.5. The van der Waals surface area contributed by atoms with Gasteiger partial charge in [0, 0.05) is 10.6 Å². The summed E-state index contributed by atoms with van der Waals surface area (Å²) in [6.45, 7) is 3.53. The number of amides is 1. The van der Waals surface area contributed by atoms with E-state index in [4.69, 9.17) is 11.6 Å². The van der Waals surface area contributed by atoms with E-state index in [1.807, 2.05) is 0 Å². The van der Waals surface area contributed by atoms with E-state index in [0.717, 1.165) is 25.9 Å². The zero-order valence-electron chi connectivity index (χ0n) is 13.7. The van der Waals surface area contributed by atoms with Gasteiger partial charge in [-0.1, -0.05) is 22.9 Å². The molecular formula is C16H20Cl2FN5O. The molecule has 0 aliphatic carbocycles. The average molecular weight is 388 g/mol. The van der Waals surface area contributed by atoms with E-state index < -0.39 is 17.8 Å². The fraction of sp³-hybridized carbons (Fsp3) is 0.438. The van der Waals surface area contributed by atoms with Gasteiger partial charge in [0.2, 0.25) is 0 Å². The van der Waals surface area contributed by atoms with E-state index in [1.165, 1.54) is 12.1 Å². The number of piperidine rings is 1. The number of carbonyl (C=O) groups is 1. The maximum atomic E-state index is 13.9. The summed E-state index contributed by atoms with van der Waals surface area (Å²) in [7, 11) is 0. The summed E-state index contributed by atoms with van der Waals surface area (Å²) >= 11 is 6.03. The topological polar surface area (TPSA) is 71.8 Å². The Balaban J connectivity index is 0.00000225. The molecule has 3 rings (SSSR count). The minimum Gasteiger partial charge on any atom is -0.344 e. The van der Waals surface area contributed by atoms with Crippen molar-refractivity contribution in [3.8, 4) is 0 Å². The molecule has 0 radical (unpaired) electrons. The van der Waals surface area contributed by atoms with Gasteiger partial charge in [0.25, 0.3) is 5.91 Å². The molecule has 1 atom stereocenters. The fourth-order valence-electron chi connectivity index (χ4n) is 2.90. The van der Waals surface area contributed by atoms with Gasteiger partial charge >= 0.3 is 0 Å². The number of halogens is 3. The van der Waals surface area contributed by atoms with Crippen molar-refractivity contribution in [3.05, 3.63) is 46.5 Å². The number of nitrogens with one attached hydrogen (secondary N) is 2. The van der Waals surface area contributed by atoms with Crippen molar-refractivity contribution in [1.29, 1.82) is 0 Å². The molecule has 0 spiro atoms. The van der Waals surface area contributed by atoms with Crippen LogP contribution < -0.4 is 10.6 Å². The Labute approximate surface area is 156 Å². The molecule has 2 heterocycles. The van der Waals surface area contributed by atoms with Crippen molar-refractivity contribution in [2.24, 2.45) is 0 Å². The molecule has 1 aliphatic heterocycles. The molecule has 1 aliphatic rings. The van der Waals surface area contributed by atoms with Crippen LogP contribution in [-0.4, -0.2) is 34.0 Å². The molecule has 6 nitrogen and oxygen atoms in total. The molecule has 1 amide bonds. The highest BCUT2D eigenvalue weighted by molar-refractivity contribution is 6.31. The largest absolute Gasteiger partial charge is 0.344 e. The number of carbonyl (C=O) groups excluding carboxylic acids is 1. The number of hydrogen-bond acceptors (Lipinski definition) is 4. The Morgan fingerprint density at radius 3 is 2.84 bits per heavy atom. The third-order valence-corrected chi connectivity index (χ3v) is 4.54. The summed E-state index contributed by atoms with van der Waals surface area (Å²) < 4.78 is 15.7. The number of rotatable bonds is 4. The predicted molar refractivity (Wildman–Crippen MR) is 95.7 cm³/mol. The van der Waals surface area contributed by atoms with Gasteiger partial charge in [0.05, 0.1) is 18.3 Å². The highest BCUT2D eigenvalue weighted by Gasteiger charge is 2.21. The van der Waals surface area contributed by atoms with E-state index >= 15 is 0 Å². The molecule has 25 heavy (non-hydrogen) atoms. The number of aromatic nitrogens is 3. The molecule has 1 aromatic carbocycles. The van der Waals surface area contributed by atoms with E-state index in [1.54, 1.807) is 23.9 Å². The minimum absolute atomic E-state index is 0.